The lowest BCUT2D eigenvalue weighted by Gasteiger charge is -2.39. The minimum atomic E-state index is 0.594. The van der Waals surface area contributed by atoms with Gasteiger partial charge < -0.3 is 5.32 Å². The Bertz CT molecular complexity index is 448. The molecule has 1 aliphatic carbocycles. The predicted octanol–water partition coefficient (Wildman–Crippen LogP) is 3.78. The standard InChI is InChI=1S/C17H25ClN2/c1-13-12-15(18)6-7-16(13)17(14-4-2-3-5-14)20-10-8-19-9-11-20/h6-7,12,14,17,19H,2-5,8-11H2,1H3/t17-/m1/s1. The van der Waals surface area contributed by atoms with Crippen LogP contribution >= 0.6 is 11.6 Å². The Balaban J connectivity index is 1.90. The summed E-state index contributed by atoms with van der Waals surface area (Å²) in [5.74, 6) is 0.827. The second-order valence-electron chi connectivity index (χ2n) is 6.28. The average Bonchev–Trinajstić information content (AvgIpc) is 2.97. The maximum Gasteiger partial charge on any atom is 0.0408 e. The van der Waals surface area contributed by atoms with Crippen LogP contribution in [0.4, 0.5) is 0 Å². The zero-order chi connectivity index (χ0) is 13.9. The molecule has 0 aromatic heterocycles. The van der Waals surface area contributed by atoms with Gasteiger partial charge >= 0.3 is 0 Å². The quantitative estimate of drug-likeness (QED) is 0.912. The van der Waals surface area contributed by atoms with E-state index in [1.54, 1.807) is 0 Å². The van der Waals surface area contributed by atoms with Crippen LogP contribution in [-0.4, -0.2) is 31.1 Å². The number of aryl methyl sites for hydroxylation is 1. The van der Waals surface area contributed by atoms with Crippen molar-refractivity contribution in [2.45, 2.75) is 38.6 Å². The van der Waals surface area contributed by atoms with Crippen molar-refractivity contribution in [1.82, 2.24) is 10.2 Å². The number of piperazine rings is 1. The maximum atomic E-state index is 6.14. The molecule has 1 aromatic rings. The van der Waals surface area contributed by atoms with Gasteiger partial charge in [0.05, 0.1) is 0 Å². The SMILES string of the molecule is Cc1cc(Cl)ccc1[C@@H](C1CCCC1)N1CCNCC1. The molecule has 0 radical (unpaired) electrons. The number of rotatable bonds is 3. The van der Waals surface area contributed by atoms with Gasteiger partial charge in [-0.3, -0.25) is 4.90 Å². The van der Waals surface area contributed by atoms with E-state index in [2.05, 4.69) is 35.3 Å². The number of halogens is 1. The van der Waals surface area contributed by atoms with Gasteiger partial charge in [-0.25, -0.2) is 0 Å². The van der Waals surface area contributed by atoms with Gasteiger partial charge in [0.2, 0.25) is 0 Å². The van der Waals surface area contributed by atoms with Gasteiger partial charge in [-0.1, -0.05) is 30.5 Å². The van der Waals surface area contributed by atoms with Gasteiger partial charge in [-0.15, -0.1) is 0 Å². The van der Waals surface area contributed by atoms with Gasteiger partial charge in [-0.2, -0.15) is 0 Å². The first-order chi connectivity index (χ1) is 9.75. The van der Waals surface area contributed by atoms with E-state index in [-0.39, 0.29) is 0 Å². The van der Waals surface area contributed by atoms with Crippen molar-refractivity contribution in [2.75, 3.05) is 26.2 Å². The molecule has 3 heteroatoms. The molecule has 2 nitrogen and oxygen atoms in total. The van der Waals surface area contributed by atoms with E-state index in [9.17, 15) is 0 Å². The summed E-state index contributed by atoms with van der Waals surface area (Å²) >= 11 is 6.14. The van der Waals surface area contributed by atoms with Gasteiger partial charge in [-0.05, 0) is 48.9 Å². The molecule has 1 aromatic carbocycles. The second kappa shape index (κ2) is 6.46. The molecule has 1 saturated heterocycles. The van der Waals surface area contributed by atoms with Crippen LogP contribution in [0, 0.1) is 12.8 Å². The van der Waals surface area contributed by atoms with E-state index >= 15 is 0 Å². The van der Waals surface area contributed by atoms with Crippen LogP contribution in [0.2, 0.25) is 5.02 Å². The summed E-state index contributed by atoms with van der Waals surface area (Å²) in [6.45, 7) is 6.80. The van der Waals surface area contributed by atoms with Gasteiger partial charge in [0.1, 0.15) is 0 Å². The van der Waals surface area contributed by atoms with Crippen LogP contribution in [0.3, 0.4) is 0 Å². The lowest BCUT2D eigenvalue weighted by molar-refractivity contribution is 0.125. The molecule has 2 fully saturated rings. The highest BCUT2D eigenvalue weighted by atomic mass is 35.5. The third-order valence-electron chi connectivity index (χ3n) is 4.94. The summed E-state index contributed by atoms with van der Waals surface area (Å²) < 4.78 is 0. The lowest BCUT2D eigenvalue weighted by Crippen LogP contribution is -2.46. The van der Waals surface area contributed by atoms with Gasteiger partial charge in [0, 0.05) is 37.2 Å². The second-order valence-corrected chi connectivity index (χ2v) is 6.71. The molecule has 20 heavy (non-hydrogen) atoms. The zero-order valence-electron chi connectivity index (χ0n) is 12.4. The minimum Gasteiger partial charge on any atom is -0.314 e. The Labute approximate surface area is 127 Å². The fourth-order valence-corrected chi connectivity index (χ4v) is 4.18. The van der Waals surface area contributed by atoms with Crippen molar-refractivity contribution in [3.05, 3.63) is 34.3 Å². The molecule has 1 heterocycles. The molecule has 110 valence electrons. The summed E-state index contributed by atoms with van der Waals surface area (Å²) in [5.41, 5.74) is 2.86. The monoisotopic (exact) mass is 292 g/mol. The minimum absolute atomic E-state index is 0.594. The number of nitrogens with zero attached hydrogens (tertiary/aromatic N) is 1. The highest BCUT2D eigenvalue weighted by Gasteiger charge is 2.32. The van der Waals surface area contributed by atoms with Crippen molar-refractivity contribution in [1.29, 1.82) is 0 Å². The fourth-order valence-electron chi connectivity index (χ4n) is 3.95. The molecular formula is C17H25ClN2. The Hall–Kier alpha value is -0.570. The molecule has 0 unspecified atom stereocenters. The third kappa shape index (κ3) is 3.03. The molecule has 0 amide bonds. The zero-order valence-corrected chi connectivity index (χ0v) is 13.1. The highest BCUT2D eigenvalue weighted by molar-refractivity contribution is 6.30. The largest absolute Gasteiger partial charge is 0.314 e. The van der Waals surface area contributed by atoms with Crippen molar-refractivity contribution >= 4 is 11.6 Å². The van der Waals surface area contributed by atoms with Crippen molar-refractivity contribution in [2.24, 2.45) is 5.92 Å². The Morgan fingerprint density at radius 1 is 1.20 bits per heavy atom. The molecule has 1 atom stereocenters. The summed E-state index contributed by atoms with van der Waals surface area (Å²) in [6, 6.07) is 7.05. The van der Waals surface area contributed by atoms with Crippen molar-refractivity contribution < 1.29 is 0 Å². The maximum absolute atomic E-state index is 6.14. The molecule has 1 N–H and O–H groups in total. The topological polar surface area (TPSA) is 15.3 Å². The first-order valence-corrected chi connectivity index (χ1v) is 8.34. The van der Waals surface area contributed by atoms with Crippen molar-refractivity contribution in [3.63, 3.8) is 0 Å². The van der Waals surface area contributed by atoms with Gasteiger partial charge in [0.15, 0.2) is 0 Å². The van der Waals surface area contributed by atoms with Crippen molar-refractivity contribution in [3.8, 4) is 0 Å². The van der Waals surface area contributed by atoms with E-state index in [4.69, 9.17) is 11.6 Å². The van der Waals surface area contributed by atoms with E-state index < -0.39 is 0 Å². The summed E-state index contributed by atoms with van der Waals surface area (Å²) in [5, 5.41) is 4.33. The van der Waals surface area contributed by atoms with E-state index in [1.807, 2.05) is 0 Å². The van der Waals surface area contributed by atoms with Crippen LogP contribution in [-0.2, 0) is 0 Å². The summed E-state index contributed by atoms with van der Waals surface area (Å²) in [7, 11) is 0. The number of hydrogen-bond acceptors (Lipinski definition) is 2. The average molecular weight is 293 g/mol. The Morgan fingerprint density at radius 3 is 2.55 bits per heavy atom. The molecule has 0 spiro atoms. The first kappa shape index (κ1) is 14.4. The Morgan fingerprint density at radius 2 is 1.90 bits per heavy atom. The van der Waals surface area contributed by atoms with Gasteiger partial charge in [0.25, 0.3) is 0 Å². The molecule has 2 aliphatic rings. The van der Waals surface area contributed by atoms with E-state index in [1.165, 1.54) is 49.9 Å². The molecule has 1 aliphatic heterocycles. The normalized spacial score (nSPS) is 23.1. The number of benzene rings is 1. The first-order valence-electron chi connectivity index (χ1n) is 7.96. The molecule has 1 saturated carbocycles. The third-order valence-corrected chi connectivity index (χ3v) is 5.18. The lowest BCUT2D eigenvalue weighted by atomic mass is 9.87. The van der Waals surface area contributed by atoms with Crippen LogP contribution in [0.15, 0.2) is 18.2 Å². The fraction of sp³-hybridized carbons (Fsp3) is 0.647. The molecule has 3 rings (SSSR count). The molecular weight excluding hydrogens is 268 g/mol. The highest BCUT2D eigenvalue weighted by Crippen LogP contribution is 2.41. The Kier molecular flexibility index (Phi) is 4.65. The van der Waals surface area contributed by atoms with Crippen LogP contribution in [0.1, 0.15) is 42.9 Å². The van der Waals surface area contributed by atoms with E-state index in [0.717, 1.165) is 24.0 Å². The smallest absolute Gasteiger partial charge is 0.0408 e. The molecule has 0 bridgehead atoms. The summed E-state index contributed by atoms with van der Waals surface area (Å²) in [6.07, 6.45) is 5.58. The van der Waals surface area contributed by atoms with E-state index in [0.29, 0.717) is 6.04 Å². The summed E-state index contributed by atoms with van der Waals surface area (Å²) in [4.78, 5) is 2.70. The van der Waals surface area contributed by atoms with Crippen LogP contribution < -0.4 is 5.32 Å². The number of hydrogen-bond donors (Lipinski definition) is 1. The predicted molar refractivity (Wildman–Crippen MR) is 85.3 cm³/mol. The number of nitrogens with one attached hydrogen (secondary N) is 1. The van der Waals surface area contributed by atoms with Crippen LogP contribution in [0.25, 0.3) is 0 Å². The van der Waals surface area contributed by atoms with Crippen LogP contribution in [0.5, 0.6) is 0 Å².